The Hall–Kier alpha value is -2.65. The summed E-state index contributed by atoms with van der Waals surface area (Å²) in [5.41, 5.74) is 0.991. The van der Waals surface area contributed by atoms with Gasteiger partial charge in [-0.2, -0.15) is 0 Å². The number of benzene rings is 3. The summed E-state index contributed by atoms with van der Waals surface area (Å²) in [5, 5.41) is 2.31. The molecule has 0 radical (unpaired) electrons. The number of carbonyl (C=O) groups is 1. The van der Waals surface area contributed by atoms with Crippen LogP contribution >= 0.6 is 23.2 Å². The minimum atomic E-state index is -4.03. The molecule has 0 fully saturated rings. The first-order valence-electron chi connectivity index (χ1n) is 9.38. The normalized spacial score (nSPS) is 11.2. The second kappa shape index (κ2) is 10.3. The van der Waals surface area contributed by atoms with E-state index in [0.29, 0.717) is 12.2 Å². The average molecular weight is 497 g/mol. The monoisotopic (exact) mass is 496 g/mol. The van der Waals surface area contributed by atoms with Gasteiger partial charge in [0, 0.05) is 12.2 Å². The van der Waals surface area contributed by atoms with E-state index in [-0.39, 0.29) is 32.7 Å². The van der Waals surface area contributed by atoms with Gasteiger partial charge in [0.05, 0.1) is 22.7 Å². The van der Waals surface area contributed by atoms with Crippen LogP contribution in [0.4, 0.5) is 10.1 Å². The van der Waals surface area contributed by atoms with Gasteiger partial charge in [0.25, 0.3) is 5.91 Å². The number of amides is 1. The van der Waals surface area contributed by atoms with Crippen molar-refractivity contribution in [2.45, 2.75) is 11.3 Å². The molecule has 0 aromatic heterocycles. The summed E-state index contributed by atoms with van der Waals surface area (Å²) in [6.45, 7) is 0.110. The fourth-order valence-electron chi connectivity index (χ4n) is 2.87. The lowest BCUT2D eigenvalue weighted by Gasteiger charge is -2.12. The fourth-order valence-corrected chi connectivity index (χ4v) is 4.76. The highest BCUT2D eigenvalue weighted by molar-refractivity contribution is 7.89. The van der Waals surface area contributed by atoms with Gasteiger partial charge in [-0.05, 0) is 54.4 Å². The van der Waals surface area contributed by atoms with Crippen molar-refractivity contribution in [3.63, 3.8) is 0 Å². The lowest BCUT2D eigenvalue weighted by atomic mass is 10.1. The molecular formula is C22H19Cl2FN2O4S. The number of ether oxygens (including phenoxy) is 1. The van der Waals surface area contributed by atoms with Gasteiger partial charge in [-0.3, -0.25) is 4.79 Å². The van der Waals surface area contributed by atoms with Crippen molar-refractivity contribution in [2.24, 2.45) is 0 Å². The van der Waals surface area contributed by atoms with Gasteiger partial charge >= 0.3 is 0 Å². The number of hydrogen-bond donors (Lipinski definition) is 2. The van der Waals surface area contributed by atoms with E-state index in [9.17, 15) is 17.6 Å². The van der Waals surface area contributed by atoms with Crippen LogP contribution < -0.4 is 14.8 Å². The molecule has 10 heteroatoms. The summed E-state index contributed by atoms with van der Waals surface area (Å²) in [5.74, 6) is -0.535. The zero-order valence-corrected chi connectivity index (χ0v) is 19.2. The minimum Gasteiger partial charge on any atom is -0.497 e. The molecule has 0 heterocycles. The maximum Gasteiger partial charge on any atom is 0.257 e. The zero-order chi connectivity index (χ0) is 23.3. The molecule has 0 atom stereocenters. The SMILES string of the molecule is COc1ccc(CCNS(=O)(=O)c2cc(C(=O)Nc3cccc(F)c3)c(Cl)cc2Cl)cc1. The number of methoxy groups -OCH3 is 1. The summed E-state index contributed by atoms with van der Waals surface area (Å²) in [7, 11) is -2.47. The highest BCUT2D eigenvalue weighted by Crippen LogP contribution is 2.29. The van der Waals surface area contributed by atoms with E-state index in [1.807, 2.05) is 12.1 Å². The molecule has 0 aliphatic carbocycles. The van der Waals surface area contributed by atoms with Crippen molar-refractivity contribution in [3.05, 3.63) is 87.7 Å². The highest BCUT2D eigenvalue weighted by atomic mass is 35.5. The molecule has 1 amide bonds. The molecule has 6 nitrogen and oxygen atoms in total. The van der Waals surface area contributed by atoms with E-state index >= 15 is 0 Å². The van der Waals surface area contributed by atoms with Crippen LogP contribution in [0.2, 0.25) is 10.0 Å². The predicted octanol–water partition coefficient (Wildman–Crippen LogP) is 4.91. The smallest absolute Gasteiger partial charge is 0.257 e. The number of nitrogens with one attached hydrogen (secondary N) is 2. The molecule has 0 unspecified atom stereocenters. The minimum absolute atomic E-state index is 0.0407. The number of sulfonamides is 1. The molecule has 3 aromatic rings. The number of hydrogen-bond acceptors (Lipinski definition) is 4. The summed E-state index contributed by atoms with van der Waals surface area (Å²) >= 11 is 12.2. The van der Waals surface area contributed by atoms with Crippen LogP contribution in [0.25, 0.3) is 0 Å². The summed E-state index contributed by atoms with van der Waals surface area (Å²) in [6.07, 6.45) is 0.432. The van der Waals surface area contributed by atoms with E-state index < -0.39 is 21.7 Å². The van der Waals surface area contributed by atoms with Crippen LogP contribution in [-0.2, 0) is 16.4 Å². The number of carbonyl (C=O) groups excluding carboxylic acids is 1. The number of rotatable bonds is 8. The Bertz CT molecular complexity index is 1240. The third kappa shape index (κ3) is 5.98. The van der Waals surface area contributed by atoms with Crippen molar-refractivity contribution < 1.29 is 22.3 Å². The standard InChI is InChI=1S/C22H19Cl2FN2O4S/c1-31-17-7-5-14(6-8-17)9-10-26-32(29,30)21-12-18(19(23)13-20(21)24)22(28)27-16-4-2-3-15(25)11-16/h2-8,11-13,26H,9-10H2,1H3,(H,27,28). The second-order valence-electron chi connectivity index (χ2n) is 6.72. The van der Waals surface area contributed by atoms with E-state index in [1.165, 1.54) is 24.3 Å². The van der Waals surface area contributed by atoms with Crippen molar-refractivity contribution in [2.75, 3.05) is 19.0 Å². The molecule has 0 aliphatic rings. The molecule has 0 spiro atoms. The van der Waals surface area contributed by atoms with E-state index in [2.05, 4.69) is 10.0 Å². The largest absolute Gasteiger partial charge is 0.497 e. The molecule has 3 rings (SSSR count). The third-order valence-electron chi connectivity index (χ3n) is 4.50. The predicted molar refractivity (Wildman–Crippen MR) is 123 cm³/mol. The van der Waals surface area contributed by atoms with Crippen LogP contribution in [0.5, 0.6) is 5.75 Å². The highest BCUT2D eigenvalue weighted by Gasteiger charge is 2.22. The fraction of sp³-hybridized carbons (Fsp3) is 0.136. The van der Waals surface area contributed by atoms with Crippen LogP contribution in [0, 0.1) is 5.82 Å². The lowest BCUT2D eigenvalue weighted by molar-refractivity contribution is 0.102. The molecule has 2 N–H and O–H groups in total. The van der Waals surface area contributed by atoms with Crippen LogP contribution in [0.3, 0.4) is 0 Å². The first-order valence-corrected chi connectivity index (χ1v) is 11.6. The van der Waals surface area contributed by atoms with E-state index in [0.717, 1.165) is 17.7 Å². The third-order valence-corrected chi connectivity index (χ3v) is 6.74. The molecular weight excluding hydrogens is 478 g/mol. The van der Waals surface area contributed by atoms with Crippen LogP contribution in [0.1, 0.15) is 15.9 Å². The maximum absolute atomic E-state index is 13.4. The number of anilines is 1. The van der Waals surface area contributed by atoms with Gasteiger partial charge in [0.15, 0.2) is 0 Å². The molecule has 0 saturated carbocycles. The summed E-state index contributed by atoms with van der Waals surface area (Å²) in [4.78, 5) is 12.3. The van der Waals surface area contributed by atoms with Crippen molar-refractivity contribution in [1.82, 2.24) is 4.72 Å². The molecule has 168 valence electrons. The van der Waals surface area contributed by atoms with Crippen LogP contribution in [0.15, 0.2) is 65.6 Å². The van der Waals surface area contributed by atoms with Gasteiger partial charge in [0.1, 0.15) is 16.5 Å². The Morgan fingerprint density at radius 1 is 1.03 bits per heavy atom. The quantitative estimate of drug-likeness (QED) is 0.463. The lowest BCUT2D eigenvalue weighted by Crippen LogP contribution is -2.26. The van der Waals surface area contributed by atoms with E-state index in [1.54, 1.807) is 19.2 Å². The second-order valence-corrected chi connectivity index (χ2v) is 9.27. The Morgan fingerprint density at radius 2 is 1.75 bits per heavy atom. The Kier molecular flexibility index (Phi) is 7.73. The molecule has 0 bridgehead atoms. The first-order chi connectivity index (χ1) is 15.2. The summed E-state index contributed by atoms with van der Waals surface area (Å²) < 4.78 is 46.5. The van der Waals surface area contributed by atoms with Gasteiger partial charge in [-0.1, -0.05) is 41.4 Å². The topological polar surface area (TPSA) is 84.5 Å². The van der Waals surface area contributed by atoms with Crippen molar-refractivity contribution in [3.8, 4) is 5.75 Å². The molecule has 3 aromatic carbocycles. The molecule has 32 heavy (non-hydrogen) atoms. The van der Waals surface area contributed by atoms with Gasteiger partial charge < -0.3 is 10.1 Å². The average Bonchev–Trinajstić information content (AvgIpc) is 2.74. The molecule has 0 aliphatic heterocycles. The van der Waals surface area contributed by atoms with Crippen molar-refractivity contribution >= 4 is 44.8 Å². The molecule has 0 saturated heterocycles. The van der Waals surface area contributed by atoms with Crippen LogP contribution in [-0.4, -0.2) is 28.0 Å². The van der Waals surface area contributed by atoms with Gasteiger partial charge in [-0.15, -0.1) is 0 Å². The van der Waals surface area contributed by atoms with Gasteiger partial charge in [-0.25, -0.2) is 17.5 Å². The Morgan fingerprint density at radius 3 is 2.41 bits per heavy atom. The van der Waals surface area contributed by atoms with Crippen molar-refractivity contribution in [1.29, 1.82) is 0 Å². The van der Waals surface area contributed by atoms with Gasteiger partial charge in [0.2, 0.25) is 10.0 Å². The first kappa shape index (κ1) is 24.0. The summed E-state index contributed by atoms with van der Waals surface area (Å²) in [6, 6.07) is 14.8. The maximum atomic E-state index is 13.4. The Labute approximate surface area is 195 Å². The van der Waals surface area contributed by atoms with E-state index in [4.69, 9.17) is 27.9 Å². The number of halogens is 3. The Balaban J connectivity index is 1.76. The zero-order valence-electron chi connectivity index (χ0n) is 16.9.